The van der Waals surface area contributed by atoms with Gasteiger partial charge in [-0.1, -0.05) is 122 Å². The first-order valence-electron chi connectivity index (χ1n) is 17.4. The maximum atomic E-state index is 15.2. The SMILES string of the molecule is C=PCC1C(=O)c2cc(-c3ccc4oc5ccccc5c4c3)ccc2C2(c3ccccc31)c1ccccc1-n1c3ccccc3c3cccc2c31. The number of carbonyl (C=O) groups is 1. The highest BCUT2D eigenvalue weighted by atomic mass is 31.1. The van der Waals surface area contributed by atoms with Gasteiger partial charge < -0.3 is 8.98 Å². The second-order valence-corrected chi connectivity index (χ2v) is 14.6. The molecular formula is C47H30NO2P. The Hall–Kier alpha value is -6.02. The summed E-state index contributed by atoms with van der Waals surface area (Å²) >= 11 is 0. The minimum Gasteiger partial charge on any atom is -0.456 e. The standard InChI is InChI=1S/C47H30NO2P/c1-51-27-36-30-11-2-5-15-37(30)47(39-16-6-8-19-42(39)48-41-18-7-3-12-31(41)33-14-10-17-40(47)45(33)48)38-23-21-28(26-35(38)46(36)49)29-22-24-44-34(25-29)32-13-4-9-20-43(32)50-44/h2-26,36H,1,27H2. The molecule has 3 heterocycles. The molecule has 1 aliphatic heterocycles. The maximum absolute atomic E-state index is 15.2. The number of benzene rings is 7. The number of carbonyl (C=O) groups excluding carboxylic acids is 1. The van der Waals surface area contributed by atoms with Gasteiger partial charge in [0.05, 0.1) is 28.1 Å². The highest BCUT2D eigenvalue weighted by Crippen LogP contribution is 2.58. The molecule has 240 valence electrons. The molecule has 1 aliphatic carbocycles. The smallest absolute Gasteiger partial charge is 0.171 e. The molecule has 2 atom stereocenters. The van der Waals surface area contributed by atoms with Crippen molar-refractivity contribution >= 4 is 64.0 Å². The number of nitrogens with zero attached hydrogens (tertiary/aromatic N) is 1. The minimum absolute atomic E-state index is 0.151. The summed E-state index contributed by atoms with van der Waals surface area (Å²) in [5.41, 5.74) is 13.0. The van der Waals surface area contributed by atoms with E-state index in [-0.39, 0.29) is 11.7 Å². The number of aromatic nitrogens is 1. The summed E-state index contributed by atoms with van der Waals surface area (Å²) in [6.45, 7) is 0. The summed E-state index contributed by atoms with van der Waals surface area (Å²) in [5.74, 6) is -0.175. The van der Waals surface area contributed by atoms with E-state index in [4.69, 9.17) is 4.42 Å². The van der Waals surface area contributed by atoms with Crippen LogP contribution in [0.3, 0.4) is 0 Å². The van der Waals surface area contributed by atoms with Crippen molar-refractivity contribution < 1.29 is 9.21 Å². The van der Waals surface area contributed by atoms with E-state index in [0.717, 1.165) is 63.6 Å². The molecule has 2 aromatic heterocycles. The van der Waals surface area contributed by atoms with Crippen LogP contribution in [0.15, 0.2) is 156 Å². The molecule has 51 heavy (non-hydrogen) atoms. The van der Waals surface area contributed by atoms with Crippen LogP contribution in [0.2, 0.25) is 0 Å². The van der Waals surface area contributed by atoms with Crippen LogP contribution in [0.1, 0.15) is 44.1 Å². The fourth-order valence-electron chi connectivity index (χ4n) is 9.37. The number of fused-ring (bicyclic) bond motifs is 14. The Morgan fingerprint density at radius 2 is 1.29 bits per heavy atom. The molecule has 0 amide bonds. The Labute approximate surface area is 296 Å². The van der Waals surface area contributed by atoms with Crippen LogP contribution in [0, 0.1) is 0 Å². The first kappa shape index (κ1) is 28.8. The predicted molar refractivity (Wildman–Crippen MR) is 211 cm³/mol. The van der Waals surface area contributed by atoms with Crippen molar-refractivity contribution in [2.45, 2.75) is 11.3 Å². The van der Waals surface area contributed by atoms with Gasteiger partial charge in [-0.2, -0.15) is 0 Å². The molecule has 0 radical (unpaired) electrons. The van der Waals surface area contributed by atoms with E-state index in [2.05, 4.69) is 144 Å². The summed E-state index contributed by atoms with van der Waals surface area (Å²) in [7, 11) is 0.938. The van der Waals surface area contributed by atoms with E-state index in [1.807, 2.05) is 18.2 Å². The average molecular weight is 672 g/mol. The number of hydrogen-bond acceptors (Lipinski definition) is 2. The fourth-order valence-corrected chi connectivity index (χ4v) is 9.99. The highest BCUT2D eigenvalue weighted by molar-refractivity contribution is 7.36. The van der Waals surface area contributed by atoms with E-state index in [9.17, 15) is 0 Å². The van der Waals surface area contributed by atoms with Crippen molar-refractivity contribution in [2.24, 2.45) is 0 Å². The second kappa shape index (κ2) is 10.5. The molecule has 0 saturated carbocycles. The maximum Gasteiger partial charge on any atom is 0.171 e. The van der Waals surface area contributed by atoms with Crippen molar-refractivity contribution in [1.82, 2.24) is 4.57 Å². The predicted octanol–water partition coefficient (Wildman–Crippen LogP) is 11.7. The van der Waals surface area contributed by atoms with Gasteiger partial charge >= 0.3 is 0 Å². The molecule has 7 aromatic carbocycles. The van der Waals surface area contributed by atoms with Crippen molar-refractivity contribution in [1.29, 1.82) is 0 Å². The lowest BCUT2D eigenvalue weighted by Crippen LogP contribution is -2.36. The number of hydrogen-bond donors (Lipinski definition) is 0. The van der Waals surface area contributed by atoms with Gasteiger partial charge in [-0.15, -0.1) is 8.20 Å². The van der Waals surface area contributed by atoms with Gasteiger partial charge in [0.25, 0.3) is 0 Å². The van der Waals surface area contributed by atoms with Crippen LogP contribution in [0.4, 0.5) is 0 Å². The average Bonchev–Trinajstić information content (AvgIpc) is 3.71. The third-order valence-corrected chi connectivity index (χ3v) is 12.0. The lowest BCUT2D eigenvalue weighted by Gasteiger charge is -2.42. The van der Waals surface area contributed by atoms with E-state index < -0.39 is 5.41 Å². The summed E-state index contributed by atoms with van der Waals surface area (Å²) in [5, 5.41) is 4.61. The molecule has 0 N–H and O–H groups in total. The molecule has 9 aromatic rings. The van der Waals surface area contributed by atoms with E-state index in [0.29, 0.717) is 6.16 Å². The van der Waals surface area contributed by atoms with Crippen LogP contribution in [-0.4, -0.2) is 22.8 Å². The Morgan fingerprint density at radius 3 is 2.20 bits per heavy atom. The van der Waals surface area contributed by atoms with Gasteiger partial charge in [0.15, 0.2) is 5.78 Å². The van der Waals surface area contributed by atoms with E-state index >= 15 is 4.79 Å². The third-order valence-electron chi connectivity index (χ3n) is 11.4. The van der Waals surface area contributed by atoms with Crippen molar-refractivity contribution in [3.8, 4) is 16.8 Å². The molecule has 0 bridgehead atoms. The van der Waals surface area contributed by atoms with E-state index in [1.54, 1.807) is 0 Å². The number of ketones is 1. The second-order valence-electron chi connectivity index (χ2n) is 13.8. The summed E-state index contributed by atoms with van der Waals surface area (Å²) in [6, 6.07) is 54.1. The molecule has 0 saturated heterocycles. The largest absolute Gasteiger partial charge is 0.456 e. The third kappa shape index (κ3) is 3.69. The lowest BCUT2D eigenvalue weighted by molar-refractivity contribution is 0.0968. The van der Waals surface area contributed by atoms with Gasteiger partial charge in [0, 0.05) is 33.3 Å². The van der Waals surface area contributed by atoms with Crippen LogP contribution < -0.4 is 0 Å². The van der Waals surface area contributed by atoms with Gasteiger partial charge in [0.2, 0.25) is 0 Å². The molecule has 11 rings (SSSR count). The van der Waals surface area contributed by atoms with Crippen LogP contribution in [0.25, 0.3) is 60.6 Å². The number of furan rings is 1. The zero-order chi connectivity index (χ0) is 33.8. The first-order valence-corrected chi connectivity index (χ1v) is 18.7. The van der Waals surface area contributed by atoms with Crippen molar-refractivity contribution in [2.75, 3.05) is 6.16 Å². The van der Waals surface area contributed by atoms with Gasteiger partial charge in [-0.3, -0.25) is 4.79 Å². The number of rotatable bonds is 3. The van der Waals surface area contributed by atoms with Crippen LogP contribution in [0.5, 0.6) is 0 Å². The number of para-hydroxylation sites is 4. The quantitative estimate of drug-likeness (QED) is 0.175. The molecular weight excluding hydrogens is 641 g/mol. The molecule has 4 heteroatoms. The van der Waals surface area contributed by atoms with E-state index in [1.165, 1.54) is 38.5 Å². The lowest BCUT2D eigenvalue weighted by atomic mass is 9.61. The zero-order valence-electron chi connectivity index (χ0n) is 27.6. The van der Waals surface area contributed by atoms with Crippen LogP contribution in [-0.2, 0) is 5.41 Å². The molecule has 3 nitrogen and oxygen atoms in total. The normalized spacial score (nSPS) is 17.6. The minimum atomic E-state index is -0.738. The fraction of sp³-hybridized carbons (Fsp3) is 0.0638. The Kier molecular flexibility index (Phi) is 5.92. The Bertz CT molecular complexity index is 2960. The summed E-state index contributed by atoms with van der Waals surface area (Å²) < 4.78 is 8.61. The number of Topliss-reactive ketones (excluding diaryl/α,β-unsaturated/α-hetero) is 1. The Balaban J connectivity index is 1.28. The van der Waals surface area contributed by atoms with Crippen LogP contribution >= 0.6 is 8.20 Å². The monoisotopic (exact) mass is 671 g/mol. The summed E-state index contributed by atoms with van der Waals surface area (Å²) in [6.07, 6.45) is 4.87. The molecule has 2 aliphatic rings. The first-order chi connectivity index (χ1) is 25.2. The topological polar surface area (TPSA) is 35.1 Å². The van der Waals surface area contributed by atoms with Crippen molar-refractivity contribution in [3.05, 3.63) is 185 Å². The van der Waals surface area contributed by atoms with Gasteiger partial charge in [0.1, 0.15) is 11.2 Å². The van der Waals surface area contributed by atoms with Gasteiger partial charge in [-0.25, -0.2) is 0 Å². The van der Waals surface area contributed by atoms with Crippen molar-refractivity contribution in [3.63, 3.8) is 0 Å². The highest BCUT2D eigenvalue weighted by Gasteiger charge is 2.50. The molecule has 2 unspecified atom stereocenters. The zero-order valence-corrected chi connectivity index (χ0v) is 28.5. The Morgan fingerprint density at radius 1 is 0.608 bits per heavy atom. The molecule has 1 spiro atoms. The van der Waals surface area contributed by atoms with Gasteiger partial charge in [-0.05, 0) is 75.3 Å². The molecule has 0 fully saturated rings. The summed E-state index contributed by atoms with van der Waals surface area (Å²) in [4.78, 5) is 15.2.